The number of anilines is 1. The van der Waals surface area contributed by atoms with Crippen molar-refractivity contribution in [2.75, 3.05) is 31.6 Å². The number of nitrogens with zero attached hydrogens (tertiary/aromatic N) is 1. The lowest BCUT2D eigenvalue weighted by atomic mass is 9.98. The van der Waals surface area contributed by atoms with Crippen LogP contribution in [0.2, 0.25) is 0 Å². The molecule has 1 fully saturated rings. The van der Waals surface area contributed by atoms with Gasteiger partial charge in [0.15, 0.2) is 0 Å². The summed E-state index contributed by atoms with van der Waals surface area (Å²) in [6, 6.07) is 11.9. The van der Waals surface area contributed by atoms with Gasteiger partial charge in [-0.05, 0) is 61.4 Å². The van der Waals surface area contributed by atoms with Crippen LogP contribution < -0.4 is 5.32 Å². The van der Waals surface area contributed by atoms with E-state index in [0.717, 1.165) is 28.1 Å². The molecule has 1 saturated heterocycles. The molecular formula is C26H24FN3O3. The topological polar surface area (TPSA) is 74.4 Å². The third-order valence-electron chi connectivity index (χ3n) is 6.25. The van der Waals surface area contributed by atoms with Gasteiger partial charge in [-0.15, -0.1) is 0 Å². The van der Waals surface area contributed by atoms with Gasteiger partial charge in [-0.3, -0.25) is 9.59 Å². The number of morpholine rings is 1. The zero-order valence-electron chi connectivity index (χ0n) is 18.5. The quantitative estimate of drug-likeness (QED) is 0.587. The molecule has 3 aromatic rings. The highest BCUT2D eigenvalue weighted by atomic mass is 19.1. The van der Waals surface area contributed by atoms with E-state index in [2.05, 4.69) is 10.3 Å². The Hall–Kier alpha value is -3.71. The number of ether oxygens (including phenoxy) is 1. The number of H-pyrrole nitrogens is 1. The Kier molecular flexibility index (Phi) is 5.34. The van der Waals surface area contributed by atoms with Crippen LogP contribution in [0.5, 0.6) is 0 Å². The van der Waals surface area contributed by atoms with Gasteiger partial charge in [0.25, 0.3) is 11.8 Å². The molecule has 0 saturated carbocycles. The maximum absolute atomic E-state index is 13.8. The zero-order valence-corrected chi connectivity index (χ0v) is 18.5. The number of aryl methyl sites for hydroxylation is 1. The molecule has 0 unspecified atom stereocenters. The van der Waals surface area contributed by atoms with Crippen molar-refractivity contribution in [1.29, 1.82) is 0 Å². The Bertz CT molecular complexity index is 1280. The van der Waals surface area contributed by atoms with Crippen LogP contribution in [-0.2, 0) is 9.53 Å². The number of amides is 2. The smallest absolute Gasteiger partial charge is 0.256 e. The van der Waals surface area contributed by atoms with E-state index >= 15 is 0 Å². The lowest BCUT2D eigenvalue weighted by Gasteiger charge is -2.26. The van der Waals surface area contributed by atoms with Gasteiger partial charge < -0.3 is 19.9 Å². The molecule has 0 radical (unpaired) electrons. The van der Waals surface area contributed by atoms with Crippen molar-refractivity contribution < 1.29 is 18.7 Å². The first kappa shape index (κ1) is 21.2. The van der Waals surface area contributed by atoms with E-state index < -0.39 is 0 Å². The summed E-state index contributed by atoms with van der Waals surface area (Å²) in [4.78, 5) is 30.4. The highest BCUT2D eigenvalue weighted by molar-refractivity contribution is 6.34. The molecular weight excluding hydrogens is 421 g/mol. The molecule has 0 spiro atoms. The Morgan fingerprint density at radius 2 is 1.82 bits per heavy atom. The highest BCUT2D eigenvalue weighted by Gasteiger charge is 2.25. The van der Waals surface area contributed by atoms with E-state index in [1.54, 1.807) is 12.1 Å². The molecule has 5 rings (SSSR count). The molecule has 0 bridgehead atoms. The third-order valence-corrected chi connectivity index (χ3v) is 6.25. The van der Waals surface area contributed by atoms with Gasteiger partial charge in [-0.2, -0.15) is 0 Å². The van der Waals surface area contributed by atoms with Gasteiger partial charge in [0.05, 0.1) is 18.8 Å². The Morgan fingerprint density at radius 1 is 1.09 bits per heavy atom. The monoisotopic (exact) mass is 445 g/mol. The average molecular weight is 445 g/mol. The first-order valence-corrected chi connectivity index (χ1v) is 10.9. The molecule has 33 heavy (non-hydrogen) atoms. The second-order valence-corrected chi connectivity index (χ2v) is 8.35. The van der Waals surface area contributed by atoms with Crippen molar-refractivity contribution in [3.8, 4) is 11.1 Å². The lowest BCUT2D eigenvalue weighted by Crippen LogP contribution is -2.40. The molecule has 7 heteroatoms. The predicted octanol–water partition coefficient (Wildman–Crippen LogP) is 4.40. The Balaban J connectivity index is 1.45. The SMILES string of the molecule is Cc1[nH]c(/C=C2/C(=O)Nc3ccc(F)cc32)c(C)c1-c1ccc(C(=O)N2CCOCC2)cc1. The van der Waals surface area contributed by atoms with E-state index in [0.29, 0.717) is 48.7 Å². The van der Waals surface area contributed by atoms with Crippen LogP contribution in [0.4, 0.5) is 10.1 Å². The summed E-state index contributed by atoms with van der Waals surface area (Å²) in [7, 11) is 0. The summed E-state index contributed by atoms with van der Waals surface area (Å²) >= 11 is 0. The number of carbonyl (C=O) groups excluding carboxylic acids is 2. The van der Waals surface area contributed by atoms with Crippen LogP contribution in [0.3, 0.4) is 0 Å². The van der Waals surface area contributed by atoms with E-state index in [1.165, 1.54) is 12.1 Å². The van der Waals surface area contributed by atoms with Gasteiger partial charge in [0.2, 0.25) is 0 Å². The van der Waals surface area contributed by atoms with Crippen molar-refractivity contribution in [3.05, 3.63) is 76.4 Å². The number of hydrogen-bond acceptors (Lipinski definition) is 3. The number of halogens is 1. The summed E-state index contributed by atoms with van der Waals surface area (Å²) in [5.74, 6) is -0.631. The maximum atomic E-state index is 13.8. The van der Waals surface area contributed by atoms with Crippen molar-refractivity contribution >= 4 is 29.2 Å². The average Bonchev–Trinajstić information content (AvgIpc) is 3.28. The first-order valence-electron chi connectivity index (χ1n) is 10.9. The number of carbonyl (C=O) groups is 2. The zero-order chi connectivity index (χ0) is 23.1. The largest absolute Gasteiger partial charge is 0.378 e. The number of hydrogen-bond donors (Lipinski definition) is 2. The second kappa shape index (κ2) is 8.33. The van der Waals surface area contributed by atoms with Crippen LogP contribution in [0, 0.1) is 19.7 Å². The molecule has 2 N–H and O–H groups in total. The van der Waals surface area contributed by atoms with Gasteiger partial charge in [-0.25, -0.2) is 4.39 Å². The summed E-state index contributed by atoms with van der Waals surface area (Å²) < 4.78 is 19.1. The number of benzene rings is 2. The molecule has 2 amide bonds. The van der Waals surface area contributed by atoms with Crippen molar-refractivity contribution in [2.24, 2.45) is 0 Å². The molecule has 2 aliphatic heterocycles. The van der Waals surface area contributed by atoms with Crippen molar-refractivity contribution in [1.82, 2.24) is 9.88 Å². The fourth-order valence-corrected chi connectivity index (χ4v) is 4.53. The summed E-state index contributed by atoms with van der Waals surface area (Å²) in [5.41, 5.74) is 6.94. The fourth-order valence-electron chi connectivity index (χ4n) is 4.53. The van der Waals surface area contributed by atoms with Crippen LogP contribution in [0.25, 0.3) is 22.8 Å². The minimum atomic E-state index is -0.386. The van der Waals surface area contributed by atoms with E-state index in [9.17, 15) is 14.0 Å². The van der Waals surface area contributed by atoms with Crippen LogP contribution in [-0.4, -0.2) is 48.0 Å². The Morgan fingerprint density at radius 3 is 2.55 bits per heavy atom. The molecule has 168 valence electrons. The number of nitrogens with one attached hydrogen (secondary N) is 2. The van der Waals surface area contributed by atoms with E-state index in [1.807, 2.05) is 43.0 Å². The molecule has 3 heterocycles. The molecule has 6 nitrogen and oxygen atoms in total. The summed E-state index contributed by atoms with van der Waals surface area (Å²) in [6.07, 6.45) is 1.77. The van der Waals surface area contributed by atoms with Gasteiger partial charge in [0.1, 0.15) is 5.82 Å². The van der Waals surface area contributed by atoms with E-state index in [-0.39, 0.29) is 17.6 Å². The van der Waals surface area contributed by atoms with Gasteiger partial charge in [-0.1, -0.05) is 12.1 Å². The minimum absolute atomic E-state index is 0.0101. The molecule has 0 aliphatic carbocycles. The highest BCUT2D eigenvalue weighted by Crippen LogP contribution is 2.36. The second-order valence-electron chi connectivity index (χ2n) is 8.35. The molecule has 2 aromatic carbocycles. The van der Waals surface area contributed by atoms with Crippen molar-refractivity contribution in [3.63, 3.8) is 0 Å². The lowest BCUT2D eigenvalue weighted by molar-refractivity contribution is -0.110. The predicted molar refractivity (Wildman–Crippen MR) is 125 cm³/mol. The maximum Gasteiger partial charge on any atom is 0.256 e. The van der Waals surface area contributed by atoms with Crippen LogP contribution in [0.1, 0.15) is 32.9 Å². The minimum Gasteiger partial charge on any atom is -0.378 e. The van der Waals surface area contributed by atoms with Crippen LogP contribution in [0.15, 0.2) is 42.5 Å². The van der Waals surface area contributed by atoms with Crippen molar-refractivity contribution in [2.45, 2.75) is 13.8 Å². The summed E-state index contributed by atoms with van der Waals surface area (Å²) in [5, 5.41) is 2.78. The molecule has 2 aliphatic rings. The number of rotatable bonds is 3. The molecule has 0 atom stereocenters. The van der Waals surface area contributed by atoms with Crippen LogP contribution >= 0.6 is 0 Å². The van der Waals surface area contributed by atoms with Gasteiger partial charge >= 0.3 is 0 Å². The Labute approximate surface area is 191 Å². The summed E-state index contributed by atoms with van der Waals surface area (Å²) in [6.45, 7) is 6.30. The molecule has 1 aromatic heterocycles. The number of aromatic nitrogens is 1. The standard InChI is InChI=1S/C26H24FN3O3/c1-15-23(14-21-20-13-19(27)7-8-22(20)29-25(21)31)28-16(2)24(15)17-3-5-18(6-4-17)26(32)30-9-11-33-12-10-30/h3-8,13-14,28H,9-12H2,1-2H3,(H,29,31)/b21-14+. The number of aromatic amines is 1. The van der Waals surface area contributed by atoms with E-state index in [4.69, 9.17) is 4.74 Å². The third kappa shape index (κ3) is 3.85. The fraction of sp³-hybridized carbons (Fsp3) is 0.231. The normalized spacial score (nSPS) is 16.8. The first-order chi connectivity index (χ1) is 15.9. The number of fused-ring (bicyclic) bond motifs is 1. The van der Waals surface area contributed by atoms with Gasteiger partial charge in [0, 0.05) is 46.9 Å².